The van der Waals surface area contributed by atoms with Gasteiger partial charge in [-0.15, -0.1) is 0 Å². The van der Waals surface area contributed by atoms with E-state index in [0.29, 0.717) is 12.2 Å². The molecule has 1 N–H and O–H groups in total. The summed E-state index contributed by atoms with van der Waals surface area (Å²) in [5.41, 5.74) is 0.682. The second-order valence-corrected chi connectivity index (χ2v) is 6.30. The monoisotopic (exact) mass is 342 g/mol. The van der Waals surface area contributed by atoms with E-state index in [2.05, 4.69) is 47.0 Å². The predicted octanol–water partition coefficient (Wildman–Crippen LogP) is 4.26. The summed E-state index contributed by atoms with van der Waals surface area (Å²) in [5.74, 6) is -0.405. The van der Waals surface area contributed by atoms with Crippen molar-refractivity contribution in [2.75, 3.05) is 0 Å². The van der Waals surface area contributed by atoms with Gasteiger partial charge in [0.15, 0.2) is 11.6 Å². The highest BCUT2D eigenvalue weighted by atomic mass is 79.9. The van der Waals surface area contributed by atoms with Gasteiger partial charge in [-0.3, -0.25) is 0 Å². The molecular weight excluding hydrogens is 327 g/mol. The maximum absolute atomic E-state index is 13.5. The van der Waals surface area contributed by atoms with Gasteiger partial charge in [0, 0.05) is 16.6 Å². The smallest absolute Gasteiger partial charge is 0.399 e. The number of nitrogens with one attached hydrogen (secondary N) is 1. The molecule has 2 rings (SSSR count). The summed E-state index contributed by atoms with van der Waals surface area (Å²) in [6.45, 7) is 6.72. The van der Waals surface area contributed by atoms with Gasteiger partial charge >= 0.3 is 6.08 Å². The number of aromatic nitrogens is 1. The molecular formula is C14H16BrFN2O2. The van der Waals surface area contributed by atoms with Crippen LogP contribution in [0.25, 0.3) is 0 Å². The Morgan fingerprint density at radius 3 is 2.85 bits per heavy atom. The Kier molecular flexibility index (Phi) is 4.45. The molecule has 2 aromatic rings. The van der Waals surface area contributed by atoms with E-state index in [0.717, 1.165) is 4.47 Å². The standard InChI is InChI=1S/C14H16BrFN2O2/c1-14(2,3)17-7-10-8-19-13(18-10)20-12-6-9(15)4-5-11(12)16/h4-6,8,17H,7H2,1-3H3. The molecule has 0 unspecified atom stereocenters. The number of hydrogen-bond acceptors (Lipinski definition) is 4. The number of benzene rings is 1. The van der Waals surface area contributed by atoms with Crippen LogP contribution in [0, 0.1) is 5.82 Å². The summed E-state index contributed by atoms with van der Waals surface area (Å²) in [7, 11) is 0. The molecule has 0 bridgehead atoms. The van der Waals surface area contributed by atoms with E-state index in [1.165, 1.54) is 18.4 Å². The van der Waals surface area contributed by atoms with Crippen molar-refractivity contribution in [3.05, 3.63) is 40.4 Å². The molecule has 20 heavy (non-hydrogen) atoms. The van der Waals surface area contributed by atoms with Crippen molar-refractivity contribution in [3.63, 3.8) is 0 Å². The topological polar surface area (TPSA) is 47.3 Å². The first-order valence-corrected chi connectivity index (χ1v) is 6.95. The van der Waals surface area contributed by atoms with E-state index in [9.17, 15) is 4.39 Å². The van der Waals surface area contributed by atoms with Gasteiger partial charge in [0.2, 0.25) is 0 Å². The highest BCUT2D eigenvalue weighted by molar-refractivity contribution is 9.10. The van der Waals surface area contributed by atoms with Crippen LogP contribution in [0.1, 0.15) is 26.5 Å². The van der Waals surface area contributed by atoms with Gasteiger partial charge in [0.25, 0.3) is 0 Å². The number of rotatable bonds is 4. The lowest BCUT2D eigenvalue weighted by Gasteiger charge is -2.19. The largest absolute Gasteiger partial charge is 0.417 e. The van der Waals surface area contributed by atoms with Gasteiger partial charge in [-0.25, -0.2) is 4.39 Å². The van der Waals surface area contributed by atoms with Gasteiger partial charge in [-0.1, -0.05) is 15.9 Å². The maximum Gasteiger partial charge on any atom is 0.399 e. The molecule has 0 saturated carbocycles. The van der Waals surface area contributed by atoms with Crippen LogP contribution in [0.5, 0.6) is 11.8 Å². The second kappa shape index (κ2) is 5.93. The highest BCUT2D eigenvalue weighted by Gasteiger charge is 2.13. The second-order valence-electron chi connectivity index (χ2n) is 5.39. The molecule has 108 valence electrons. The lowest BCUT2D eigenvalue weighted by Crippen LogP contribution is -2.35. The lowest BCUT2D eigenvalue weighted by atomic mass is 10.1. The Morgan fingerprint density at radius 1 is 1.40 bits per heavy atom. The zero-order valence-corrected chi connectivity index (χ0v) is 13.1. The molecule has 1 heterocycles. The summed E-state index contributed by atoms with van der Waals surface area (Å²) in [6.07, 6.45) is 1.51. The third kappa shape index (κ3) is 4.31. The van der Waals surface area contributed by atoms with Gasteiger partial charge in [0.1, 0.15) is 6.26 Å². The van der Waals surface area contributed by atoms with Gasteiger partial charge < -0.3 is 14.5 Å². The van der Waals surface area contributed by atoms with Crippen molar-refractivity contribution in [2.45, 2.75) is 32.9 Å². The van der Waals surface area contributed by atoms with Gasteiger partial charge in [-0.2, -0.15) is 4.98 Å². The fraction of sp³-hybridized carbons (Fsp3) is 0.357. The maximum atomic E-state index is 13.5. The number of nitrogens with zero attached hydrogens (tertiary/aromatic N) is 1. The first-order chi connectivity index (χ1) is 9.33. The molecule has 6 heteroatoms. The quantitative estimate of drug-likeness (QED) is 0.901. The van der Waals surface area contributed by atoms with Crippen LogP contribution in [-0.4, -0.2) is 10.5 Å². The van der Waals surface area contributed by atoms with Crippen LogP contribution in [-0.2, 0) is 6.54 Å². The normalized spacial score (nSPS) is 11.7. The summed E-state index contributed by atoms with van der Waals surface area (Å²) in [4.78, 5) is 4.15. The van der Waals surface area contributed by atoms with Crippen molar-refractivity contribution >= 4 is 15.9 Å². The fourth-order valence-electron chi connectivity index (χ4n) is 1.42. The average molecular weight is 343 g/mol. The zero-order valence-electron chi connectivity index (χ0n) is 11.5. The minimum absolute atomic E-state index is 0.0175. The zero-order chi connectivity index (χ0) is 14.8. The number of halogens is 2. The van der Waals surface area contributed by atoms with Crippen molar-refractivity contribution in [3.8, 4) is 11.8 Å². The SMILES string of the molecule is CC(C)(C)NCc1coc(Oc2cc(Br)ccc2F)n1. The van der Waals surface area contributed by atoms with E-state index in [4.69, 9.17) is 9.15 Å². The van der Waals surface area contributed by atoms with E-state index in [1.807, 2.05) is 0 Å². The van der Waals surface area contributed by atoms with E-state index < -0.39 is 5.82 Å². The Balaban J connectivity index is 2.04. The molecule has 1 aromatic heterocycles. The minimum atomic E-state index is -0.472. The molecule has 0 amide bonds. The van der Waals surface area contributed by atoms with E-state index in [1.54, 1.807) is 6.07 Å². The van der Waals surface area contributed by atoms with Crippen molar-refractivity contribution in [1.82, 2.24) is 10.3 Å². The predicted molar refractivity (Wildman–Crippen MR) is 77.3 cm³/mol. The van der Waals surface area contributed by atoms with Crippen LogP contribution in [0.2, 0.25) is 0 Å². The summed E-state index contributed by atoms with van der Waals surface area (Å²) >= 11 is 3.25. The number of ether oxygens (including phenoxy) is 1. The van der Waals surface area contributed by atoms with Crippen LogP contribution in [0.15, 0.2) is 33.4 Å². The number of oxazole rings is 1. The fourth-order valence-corrected chi connectivity index (χ4v) is 1.76. The summed E-state index contributed by atoms with van der Waals surface area (Å²) in [6, 6.07) is 4.42. The minimum Gasteiger partial charge on any atom is -0.417 e. The van der Waals surface area contributed by atoms with Crippen LogP contribution < -0.4 is 10.1 Å². The average Bonchev–Trinajstić information content (AvgIpc) is 2.78. The lowest BCUT2D eigenvalue weighted by molar-refractivity contribution is 0.318. The van der Waals surface area contributed by atoms with E-state index in [-0.39, 0.29) is 17.4 Å². The summed E-state index contributed by atoms with van der Waals surface area (Å²) < 4.78 is 24.7. The van der Waals surface area contributed by atoms with Gasteiger partial charge in [-0.05, 0) is 39.0 Å². The summed E-state index contributed by atoms with van der Waals surface area (Å²) in [5, 5.41) is 3.28. The molecule has 0 atom stereocenters. The van der Waals surface area contributed by atoms with Crippen LogP contribution in [0.3, 0.4) is 0 Å². The first-order valence-electron chi connectivity index (χ1n) is 6.16. The Hall–Kier alpha value is -1.40. The Bertz CT molecular complexity index is 593. The Morgan fingerprint density at radius 2 is 2.15 bits per heavy atom. The molecule has 0 aliphatic heterocycles. The van der Waals surface area contributed by atoms with Gasteiger partial charge in [0.05, 0.1) is 5.69 Å². The molecule has 0 spiro atoms. The number of hydrogen-bond donors (Lipinski definition) is 1. The molecule has 0 aliphatic rings. The van der Waals surface area contributed by atoms with E-state index >= 15 is 0 Å². The molecule has 4 nitrogen and oxygen atoms in total. The van der Waals surface area contributed by atoms with Crippen LogP contribution >= 0.6 is 15.9 Å². The molecule has 1 aromatic carbocycles. The van der Waals surface area contributed by atoms with Crippen molar-refractivity contribution < 1.29 is 13.5 Å². The third-order valence-corrected chi connectivity index (χ3v) is 2.91. The molecule has 0 saturated heterocycles. The first kappa shape index (κ1) is 15.0. The highest BCUT2D eigenvalue weighted by Crippen LogP contribution is 2.27. The third-order valence-electron chi connectivity index (χ3n) is 2.42. The molecule has 0 aliphatic carbocycles. The Labute approximate surface area is 125 Å². The van der Waals surface area contributed by atoms with Crippen molar-refractivity contribution in [2.24, 2.45) is 0 Å². The molecule has 0 fully saturated rings. The molecule has 0 radical (unpaired) electrons. The van der Waals surface area contributed by atoms with Crippen molar-refractivity contribution in [1.29, 1.82) is 0 Å². The van der Waals surface area contributed by atoms with Crippen LogP contribution in [0.4, 0.5) is 4.39 Å².